The molecule has 2 aromatic rings. The molecular weight excluding hydrogens is 501 g/mol. The average Bonchev–Trinajstić information content (AvgIpc) is 3.17. The Morgan fingerprint density at radius 2 is 1.88 bits per heavy atom. The lowest BCUT2D eigenvalue weighted by Crippen LogP contribution is -2.30. The Labute approximate surface area is 238 Å². The first-order valence-corrected chi connectivity index (χ1v) is 14.0. The smallest absolute Gasteiger partial charge is 0.211 e. The van der Waals surface area contributed by atoms with Gasteiger partial charge in [-0.25, -0.2) is 4.39 Å². The maximum Gasteiger partial charge on any atom is 0.211 e. The molecule has 1 aliphatic carbocycles. The number of methoxy groups -OCH3 is 1. The van der Waals surface area contributed by atoms with Crippen LogP contribution >= 0.6 is 0 Å². The minimum Gasteiger partial charge on any atom is -0.497 e. The summed E-state index contributed by atoms with van der Waals surface area (Å²) in [7, 11) is 1.67. The van der Waals surface area contributed by atoms with E-state index in [1.165, 1.54) is 11.1 Å². The summed E-state index contributed by atoms with van der Waals surface area (Å²) in [6, 6.07) is 11.6. The van der Waals surface area contributed by atoms with Crippen LogP contribution in [0.2, 0.25) is 0 Å². The number of nitrogens with one attached hydrogen (secondary N) is 1. The summed E-state index contributed by atoms with van der Waals surface area (Å²) in [5, 5.41) is 8.52. The van der Waals surface area contributed by atoms with Crippen molar-refractivity contribution < 1.29 is 13.9 Å². The molecule has 4 rings (SSSR count). The van der Waals surface area contributed by atoms with Crippen LogP contribution in [0.25, 0.3) is 0 Å². The second kappa shape index (κ2) is 11.8. The largest absolute Gasteiger partial charge is 0.497 e. The number of ether oxygens (including phenoxy) is 2. The molecule has 0 radical (unpaired) electrons. The van der Waals surface area contributed by atoms with Gasteiger partial charge in [-0.3, -0.25) is 10.4 Å². The van der Waals surface area contributed by atoms with Crippen LogP contribution in [0.15, 0.2) is 76.0 Å². The molecule has 0 saturated carbocycles. The molecule has 212 valence electrons. The van der Waals surface area contributed by atoms with E-state index in [0.29, 0.717) is 17.9 Å². The SMILES string of the molecule is CCN1/C(=C\C=N/COC(=N)C2=CC(C)C(C)=C(C)C2C)C(C)(Cc2ccc(C)c(F)c2)c2cc(OC)ccc21. The minimum atomic E-state index is -0.429. The highest BCUT2D eigenvalue weighted by atomic mass is 19.1. The Morgan fingerprint density at radius 1 is 1.12 bits per heavy atom. The molecule has 2 aromatic carbocycles. The predicted molar refractivity (Wildman–Crippen MR) is 163 cm³/mol. The molecule has 1 heterocycles. The van der Waals surface area contributed by atoms with Crippen LogP contribution < -0.4 is 9.64 Å². The molecule has 40 heavy (non-hydrogen) atoms. The molecule has 0 amide bonds. The Morgan fingerprint density at radius 3 is 2.55 bits per heavy atom. The number of hydrogen-bond donors (Lipinski definition) is 1. The number of aryl methyl sites for hydroxylation is 1. The van der Waals surface area contributed by atoms with Gasteiger partial charge in [-0.2, -0.15) is 0 Å². The Bertz CT molecular complexity index is 1420. The Kier molecular flexibility index (Phi) is 8.67. The summed E-state index contributed by atoms with van der Waals surface area (Å²) in [4.78, 5) is 6.78. The molecule has 2 aliphatic rings. The van der Waals surface area contributed by atoms with E-state index in [4.69, 9.17) is 14.9 Å². The van der Waals surface area contributed by atoms with Crippen LogP contribution in [0.1, 0.15) is 58.2 Å². The molecule has 6 heteroatoms. The number of fused-ring (bicyclic) bond motifs is 1. The van der Waals surface area contributed by atoms with E-state index in [1.54, 1.807) is 26.3 Å². The first-order valence-electron chi connectivity index (χ1n) is 14.0. The molecule has 1 N–H and O–H groups in total. The van der Waals surface area contributed by atoms with Gasteiger partial charge in [0, 0.05) is 41.0 Å². The fraction of sp³-hybridized carbons (Fsp3) is 0.412. The third kappa shape index (κ3) is 5.49. The van der Waals surface area contributed by atoms with E-state index in [0.717, 1.165) is 40.4 Å². The number of anilines is 1. The molecule has 5 nitrogen and oxygen atoms in total. The number of aliphatic imine (C=N–C) groups is 1. The molecule has 3 unspecified atom stereocenters. The van der Waals surface area contributed by atoms with Crippen molar-refractivity contribution in [3.05, 3.63) is 93.5 Å². The first-order chi connectivity index (χ1) is 19.0. The molecule has 0 fully saturated rings. The van der Waals surface area contributed by atoms with Gasteiger partial charge in [-0.1, -0.05) is 43.2 Å². The zero-order valence-corrected chi connectivity index (χ0v) is 25.1. The van der Waals surface area contributed by atoms with Crippen molar-refractivity contribution >= 4 is 17.8 Å². The second-order valence-corrected chi connectivity index (χ2v) is 11.2. The van der Waals surface area contributed by atoms with E-state index < -0.39 is 5.41 Å². The molecule has 0 bridgehead atoms. The van der Waals surface area contributed by atoms with Crippen molar-refractivity contribution in [3.63, 3.8) is 0 Å². The van der Waals surface area contributed by atoms with Gasteiger partial charge < -0.3 is 14.4 Å². The number of rotatable bonds is 8. The van der Waals surface area contributed by atoms with E-state index in [2.05, 4.69) is 69.6 Å². The third-order valence-corrected chi connectivity index (χ3v) is 8.79. The van der Waals surface area contributed by atoms with Gasteiger partial charge in [0.15, 0.2) is 6.73 Å². The van der Waals surface area contributed by atoms with Crippen LogP contribution in [-0.4, -0.2) is 32.5 Å². The lowest BCUT2D eigenvalue weighted by Gasteiger charge is -2.30. The number of halogens is 1. The zero-order valence-electron chi connectivity index (χ0n) is 25.1. The van der Waals surface area contributed by atoms with E-state index in [1.807, 2.05) is 24.3 Å². The minimum absolute atomic E-state index is 0.0651. The second-order valence-electron chi connectivity index (χ2n) is 11.2. The summed E-state index contributed by atoms with van der Waals surface area (Å²) < 4.78 is 25.8. The highest BCUT2D eigenvalue weighted by molar-refractivity contribution is 5.92. The molecule has 0 aromatic heterocycles. The lowest BCUT2D eigenvalue weighted by atomic mass is 9.76. The fourth-order valence-electron chi connectivity index (χ4n) is 5.94. The zero-order chi connectivity index (χ0) is 29.2. The number of benzene rings is 2. The average molecular weight is 544 g/mol. The van der Waals surface area contributed by atoms with Gasteiger partial charge in [0.2, 0.25) is 5.90 Å². The van der Waals surface area contributed by atoms with E-state index in [-0.39, 0.29) is 24.4 Å². The van der Waals surface area contributed by atoms with Crippen LogP contribution in [0, 0.1) is 30.0 Å². The van der Waals surface area contributed by atoms with Crippen LogP contribution in [0.4, 0.5) is 10.1 Å². The standard InChI is InChI=1S/C34H42FN3O2/c1-9-38-31-13-12-27(39-8)18-29(31)34(7,19-26-11-10-21(2)30(35)17-26)32(38)14-15-37-20-40-33(36)28-16-22(3)23(4)24(5)25(28)6/h10-18,22,25,36H,9,19-20H2,1-8H3/b32-14-,36-33?,37-15-. The van der Waals surface area contributed by atoms with Crippen LogP contribution in [-0.2, 0) is 16.6 Å². The van der Waals surface area contributed by atoms with Crippen molar-refractivity contribution in [1.82, 2.24) is 0 Å². The summed E-state index contributed by atoms with van der Waals surface area (Å²) >= 11 is 0. The van der Waals surface area contributed by atoms with Crippen LogP contribution in [0.5, 0.6) is 5.75 Å². The van der Waals surface area contributed by atoms with Gasteiger partial charge >= 0.3 is 0 Å². The molecule has 3 atom stereocenters. The summed E-state index contributed by atoms with van der Waals surface area (Å²) in [5.41, 5.74) is 8.05. The summed E-state index contributed by atoms with van der Waals surface area (Å²) in [6.07, 6.45) is 6.54. The van der Waals surface area contributed by atoms with Crippen molar-refractivity contribution in [2.24, 2.45) is 16.8 Å². The number of hydrogen-bond acceptors (Lipinski definition) is 5. The predicted octanol–water partition coefficient (Wildman–Crippen LogP) is 7.94. The van der Waals surface area contributed by atoms with Crippen molar-refractivity contribution in [2.75, 3.05) is 25.3 Å². The number of nitrogens with zero attached hydrogens (tertiary/aromatic N) is 2. The van der Waals surface area contributed by atoms with Crippen LogP contribution in [0.3, 0.4) is 0 Å². The number of likely N-dealkylation sites (N-methyl/N-ethyl adjacent to an activating group) is 1. The van der Waals surface area contributed by atoms with Crippen molar-refractivity contribution in [3.8, 4) is 5.75 Å². The first kappa shape index (κ1) is 29.3. The lowest BCUT2D eigenvalue weighted by molar-refractivity contribution is 0.313. The summed E-state index contributed by atoms with van der Waals surface area (Å²) in [6.45, 7) is 15.5. The van der Waals surface area contributed by atoms with Crippen molar-refractivity contribution in [2.45, 2.75) is 60.3 Å². The quantitative estimate of drug-likeness (QED) is 0.209. The van der Waals surface area contributed by atoms with Gasteiger partial charge in [0.05, 0.1) is 7.11 Å². The fourth-order valence-corrected chi connectivity index (χ4v) is 5.94. The van der Waals surface area contributed by atoms with Gasteiger partial charge in [0.25, 0.3) is 0 Å². The highest BCUT2D eigenvalue weighted by Gasteiger charge is 2.43. The normalized spacial score (nSPS) is 23.6. The Balaban J connectivity index is 1.59. The third-order valence-electron chi connectivity index (χ3n) is 8.79. The Hall–Kier alpha value is -3.67. The molecule has 0 saturated heterocycles. The summed E-state index contributed by atoms with van der Waals surface area (Å²) in [5.74, 6) is 1.23. The topological polar surface area (TPSA) is 57.9 Å². The van der Waals surface area contributed by atoms with Gasteiger partial charge in [-0.05, 0) is 94.0 Å². The number of allylic oxidation sites excluding steroid dienone is 5. The highest BCUT2D eigenvalue weighted by Crippen LogP contribution is 2.50. The monoisotopic (exact) mass is 543 g/mol. The molecule has 1 aliphatic heterocycles. The van der Waals surface area contributed by atoms with Crippen molar-refractivity contribution in [1.29, 1.82) is 5.41 Å². The van der Waals surface area contributed by atoms with E-state index >= 15 is 0 Å². The maximum absolute atomic E-state index is 14.5. The van der Waals surface area contributed by atoms with Gasteiger partial charge in [-0.15, -0.1) is 0 Å². The molecule has 0 spiro atoms. The van der Waals surface area contributed by atoms with Gasteiger partial charge in [0.1, 0.15) is 11.6 Å². The molecular formula is C34H42FN3O2. The van der Waals surface area contributed by atoms with E-state index in [9.17, 15) is 4.39 Å². The maximum atomic E-state index is 14.5.